The highest BCUT2D eigenvalue weighted by Crippen LogP contribution is 2.54. The highest BCUT2D eigenvalue weighted by Gasteiger charge is 2.54. The van der Waals surface area contributed by atoms with Gasteiger partial charge in [-0.2, -0.15) is 0 Å². The van der Waals surface area contributed by atoms with Gasteiger partial charge in [-0.3, -0.25) is 9.59 Å². The molecule has 0 aromatic rings. The van der Waals surface area contributed by atoms with E-state index >= 15 is 0 Å². The Kier molecular flexibility index (Phi) is 3.11. The predicted molar refractivity (Wildman–Crippen MR) is 89.7 cm³/mol. The summed E-state index contributed by atoms with van der Waals surface area (Å²) in [6.45, 7) is 2.12. The molecular formula is C18H26N2O2S. The summed E-state index contributed by atoms with van der Waals surface area (Å²) in [5.41, 5.74) is 0. The maximum atomic E-state index is 12.9. The van der Waals surface area contributed by atoms with Gasteiger partial charge in [-0.25, -0.2) is 0 Å². The molecule has 23 heavy (non-hydrogen) atoms. The number of amides is 2. The fraction of sp³-hybridized carbons (Fsp3) is 0.889. The van der Waals surface area contributed by atoms with Crippen LogP contribution in [-0.2, 0) is 9.59 Å². The molecule has 0 aromatic heterocycles. The third kappa shape index (κ3) is 2.11. The summed E-state index contributed by atoms with van der Waals surface area (Å²) in [7, 11) is 0. The van der Waals surface area contributed by atoms with Crippen LogP contribution >= 0.6 is 11.8 Å². The molecule has 2 heterocycles. The number of fused-ring (bicyclic) bond motifs is 1. The molecule has 1 N–H and O–H groups in total. The van der Waals surface area contributed by atoms with Crippen molar-refractivity contribution in [1.29, 1.82) is 0 Å². The van der Waals surface area contributed by atoms with E-state index in [2.05, 4.69) is 12.2 Å². The van der Waals surface area contributed by atoms with Crippen LogP contribution in [0.3, 0.4) is 0 Å². The lowest BCUT2D eigenvalue weighted by Crippen LogP contribution is -2.59. The molecule has 0 spiro atoms. The number of carbonyl (C=O) groups excluding carboxylic acids is 2. The van der Waals surface area contributed by atoms with Crippen molar-refractivity contribution in [3.05, 3.63) is 0 Å². The topological polar surface area (TPSA) is 49.4 Å². The summed E-state index contributed by atoms with van der Waals surface area (Å²) < 4.78 is 0. The second-order valence-corrected chi connectivity index (χ2v) is 10.2. The van der Waals surface area contributed by atoms with Crippen molar-refractivity contribution in [2.45, 2.75) is 68.8 Å². The molecule has 4 nitrogen and oxygen atoms in total. The molecule has 4 saturated carbocycles. The van der Waals surface area contributed by atoms with Gasteiger partial charge in [0.15, 0.2) is 0 Å². The van der Waals surface area contributed by atoms with Crippen LogP contribution in [0.4, 0.5) is 0 Å². The van der Waals surface area contributed by atoms with Gasteiger partial charge in [0.25, 0.3) is 0 Å². The summed E-state index contributed by atoms with van der Waals surface area (Å²) in [6.07, 6.45) is 8.20. The molecule has 2 saturated heterocycles. The van der Waals surface area contributed by atoms with Crippen molar-refractivity contribution in [3.8, 4) is 0 Å². The Balaban J connectivity index is 1.32. The lowest BCUT2D eigenvalue weighted by Gasteiger charge is -2.54. The summed E-state index contributed by atoms with van der Waals surface area (Å²) in [6, 6.07) is 0.141. The van der Waals surface area contributed by atoms with Gasteiger partial charge < -0.3 is 10.2 Å². The minimum absolute atomic E-state index is 0.119. The fourth-order valence-corrected chi connectivity index (χ4v) is 7.87. The van der Waals surface area contributed by atoms with Crippen LogP contribution in [0.15, 0.2) is 0 Å². The van der Waals surface area contributed by atoms with E-state index in [1.807, 2.05) is 4.90 Å². The van der Waals surface area contributed by atoms with Crippen molar-refractivity contribution in [2.24, 2.45) is 23.7 Å². The number of carbonyl (C=O) groups is 2. The number of nitrogens with zero attached hydrogens (tertiary/aromatic N) is 1. The summed E-state index contributed by atoms with van der Waals surface area (Å²) in [4.78, 5) is 27.0. The van der Waals surface area contributed by atoms with Crippen LogP contribution in [0.25, 0.3) is 0 Å². The van der Waals surface area contributed by atoms with E-state index in [-0.39, 0.29) is 22.7 Å². The zero-order valence-corrected chi connectivity index (χ0v) is 14.6. The van der Waals surface area contributed by atoms with Crippen LogP contribution in [0.2, 0.25) is 0 Å². The van der Waals surface area contributed by atoms with Gasteiger partial charge in [-0.1, -0.05) is 0 Å². The molecule has 2 atom stereocenters. The summed E-state index contributed by atoms with van der Waals surface area (Å²) in [5, 5.41) is 3.41. The van der Waals surface area contributed by atoms with E-state index in [1.165, 1.54) is 32.1 Å². The van der Waals surface area contributed by atoms with Gasteiger partial charge in [0, 0.05) is 18.2 Å². The molecule has 0 unspecified atom stereocenters. The molecular weight excluding hydrogens is 308 g/mol. The third-order valence-corrected chi connectivity index (χ3v) is 8.79. The zero-order valence-electron chi connectivity index (χ0n) is 13.8. The number of rotatable bonds is 2. The first kappa shape index (κ1) is 14.6. The summed E-state index contributed by atoms with van der Waals surface area (Å²) in [5.74, 6) is 4.31. The predicted octanol–water partition coefficient (Wildman–Crippen LogP) is 2.38. The average molecular weight is 334 g/mol. The first-order valence-corrected chi connectivity index (χ1v) is 10.3. The molecule has 0 aromatic carbocycles. The van der Waals surface area contributed by atoms with Crippen molar-refractivity contribution < 1.29 is 9.59 Å². The van der Waals surface area contributed by atoms with Crippen LogP contribution in [-0.4, -0.2) is 39.4 Å². The largest absolute Gasteiger partial charge is 0.351 e. The Labute approximate surface area is 142 Å². The van der Waals surface area contributed by atoms with Gasteiger partial charge in [0.1, 0.15) is 6.04 Å². The molecule has 0 radical (unpaired) electrons. The van der Waals surface area contributed by atoms with Crippen LogP contribution < -0.4 is 5.32 Å². The quantitative estimate of drug-likeness (QED) is 0.843. The Morgan fingerprint density at radius 3 is 2.48 bits per heavy atom. The monoisotopic (exact) mass is 334 g/mol. The molecule has 4 aliphatic carbocycles. The Hall–Kier alpha value is -0.710. The van der Waals surface area contributed by atoms with E-state index in [9.17, 15) is 9.59 Å². The number of hydrogen-bond acceptors (Lipinski definition) is 3. The third-order valence-electron chi connectivity index (χ3n) is 7.28. The van der Waals surface area contributed by atoms with E-state index < -0.39 is 0 Å². The minimum Gasteiger partial charge on any atom is -0.351 e. The van der Waals surface area contributed by atoms with Crippen molar-refractivity contribution in [1.82, 2.24) is 10.2 Å². The first-order chi connectivity index (χ1) is 11.0. The number of nitrogens with one attached hydrogen (secondary N) is 1. The van der Waals surface area contributed by atoms with Crippen molar-refractivity contribution >= 4 is 23.6 Å². The Morgan fingerprint density at radius 2 is 1.83 bits per heavy atom. The maximum Gasteiger partial charge on any atom is 0.243 e. The molecule has 2 amide bonds. The van der Waals surface area contributed by atoms with Crippen LogP contribution in [0.5, 0.6) is 0 Å². The van der Waals surface area contributed by atoms with Crippen molar-refractivity contribution in [3.63, 3.8) is 0 Å². The second-order valence-electron chi connectivity index (χ2n) is 8.73. The molecule has 2 aliphatic heterocycles. The molecule has 5 heteroatoms. The standard InChI is InChI=1S/C18H26N2O2S/c1-18-3-2-15(21)20(18)14(9-23-18)17(22)19-16-12-5-10-4-11(7-12)8-13(16)6-10/h10-14,16H,2-9H2,1H3,(H,19,22)/t10?,11?,12?,13?,14-,16?,18+/m0/s1. The second kappa shape index (κ2) is 4.90. The highest BCUT2D eigenvalue weighted by atomic mass is 32.2. The molecule has 6 fully saturated rings. The van der Waals surface area contributed by atoms with Crippen LogP contribution in [0, 0.1) is 23.7 Å². The normalized spacial score (nSPS) is 50.5. The number of hydrogen-bond donors (Lipinski definition) is 1. The SMILES string of the molecule is C[C@@]12CCC(=O)N1[C@H](C(=O)NC1C3CC4CC(C3)CC1C4)CS2. The van der Waals surface area contributed by atoms with Crippen molar-refractivity contribution in [2.75, 3.05) is 5.75 Å². The van der Waals surface area contributed by atoms with Gasteiger partial charge in [0.2, 0.25) is 11.8 Å². The lowest BCUT2D eigenvalue weighted by molar-refractivity contribution is -0.139. The van der Waals surface area contributed by atoms with E-state index in [4.69, 9.17) is 0 Å². The van der Waals surface area contributed by atoms with E-state index in [0.29, 0.717) is 24.3 Å². The smallest absolute Gasteiger partial charge is 0.243 e. The van der Waals surface area contributed by atoms with Gasteiger partial charge >= 0.3 is 0 Å². The van der Waals surface area contributed by atoms with E-state index in [0.717, 1.165) is 24.0 Å². The van der Waals surface area contributed by atoms with Gasteiger partial charge in [-0.15, -0.1) is 11.8 Å². The van der Waals surface area contributed by atoms with E-state index in [1.54, 1.807) is 11.8 Å². The highest BCUT2D eigenvalue weighted by molar-refractivity contribution is 8.01. The number of thioether (sulfide) groups is 1. The molecule has 126 valence electrons. The lowest BCUT2D eigenvalue weighted by atomic mass is 9.54. The molecule has 6 aliphatic rings. The Bertz CT molecular complexity index is 537. The molecule has 6 rings (SSSR count). The van der Waals surface area contributed by atoms with Gasteiger partial charge in [0.05, 0.1) is 4.87 Å². The van der Waals surface area contributed by atoms with Gasteiger partial charge in [-0.05, 0) is 69.1 Å². The Morgan fingerprint density at radius 1 is 1.17 bits per heavy atom. The summed E-state index contributed by atoms with van der Waals surface area (Å²) >= 11 is 1.79. The zero-order chi connectivity index (χ0) is 15.8. The average Bonchev–Trinajstić information content (AvgIpc) is 2.99. The first-order valence-electron chi connectivity index (χ1n) is 9.30. The fourth-order valence-electron chi connectivity index (χ4n) is 6.44. The molecule has 4 bridgehead atoms. The van der Waals surface area contributed by atoms with Crippen LogP contribution in [0.1, 0.15) is 51.9 Å². The minimum atomic E-state index is -0.239. The maximum absolute atomic E-state index is 12.9.